The summed E-state index contributed by atoms with van der Waals surface area (Å²) in [5.74, 6) is 5.60. The third-order valence-electron chi connectivity index (χ3n) is 1.97. The summed E-state index contributed by atoms with van der Waals surface area (Å²) < 4.78 is 0. The molecule has 0 amide bonds. The Hall–Kier alpha value is -1.06. The van der Waals surface area contributed by atoms with Crippen molar-refractivity contribution in [3.05, 3.63) is 29.3 Å². The first-order valence-corrected chi connectivity index (χ1v) is 3.91. The van der Waals surface area contributed by atoms with Gasteiger partial charge in [0.25, 0.3) is 0 Å². The monoisotopic (exact) mass is 166 g/mol. The molecule has 0 saturated carbocycles. The van der Waals surface area contributed by atoms with Crippen LogP contribution >= 0.6 is 0 Å². The van der Waals surface area contributed by atoms with Crippen molar-refractivity contribution >= 4 is 0 Å². The minimum atomic E-state index is 0.115. The summed E-state index contributed by atoms with van der Waals surface area (Å²) in [6, 6.07) is 5.56. The fourth-order valence-electron chi connectivity index (χ4n) is 1.04. The Kier molecular flexibility index (Phi) is 2.68. The largest absolute Gasteiger partial charge is 0.508 e. The van der Waals surface area contributed by atoms with Crippen LogP contribution in [0.3, 0.4) is 0 Å². The van der Waals surface area contributed by atoms with E-state index in [0.717, 1.165) is 11.1 Å². The Labute approximate surface area is 72.2 Å². The lowest BCUT2D eigenvalue weighted by atomic mass is 10.1. The zero-order valence-corrected chi connectivity index (χ0v) is 7.33. The van der Waals surface area contributed by atoms with Crippen LogP contribution in [0.4, 0.5) is 0 Å². The van der Waals surface area contributed by atoms with Gasteiger partial charge in [-0.3, -0.25) is 11.3 Å². The van der Waals surface area contributed by atoms with Crippen molar-refractivity contribution in [1.82, 2.24) is 5.43 Å². The Morgan fingerprint density at radius 2 is 2.17 bits per heavy atom. The second kappa shape index (κ2) is 3.56. The molecule has 0 aromatic heterocycles. The van der Waals surface area contributed by atoms with E-state index in [1.807, 2.05) is 26.0 Å². The van der Waals surface area contributed by atoms with Crippen molar-refractivity contribution in [2.45, 2.75) is 19.9 Å². The number of benzene rings is 1. The number of rotatable bonds is 2. The first-order chi connectivity index (χ1) is 5.65. The van der Waals surface area contributed by atoms with Crippen LogP contribution in [0.25, 0.3) is 0 Å². The normalized spacial score (nSPS) is 12.9. The summed E-state index contributed by atoms with van der Waals surface area (Å²) in [6.07, 6.45) is 0. The topological polar surface area (TPSA) is 58.3 Å². The van der Waals surface area contributed by atoms with Crippen molar-refractivity contribution < 1.29 is 5.11 Å². The molecule has 0 fully saturated rings. The lowest BCUT2D eigenvalue weighted by Gasteiger charge is -2.11. The van der Waals surface area contributed by atoms with Crippen LogP contribution in [0.15, 0.2) is 18.2 Å². The number of hydrogen-bond acceptors (Lipinski definition) is 3. The summed E-state index contributed by atoms with van der Waals surface area (Å²) in [5.41, 5.74) is 4.59. The van der Waals surface area contributed by atoms with Crippen LogP contribution in [0.1, 0.15) is 24.1 Å². The maximum absolute atomic E-state index is 9.25. The zero-order chi connectivity index (χ0) is 9.14. The van der Waals surface area contributed by atoms with Crippen LogP contribution in [0.2, 0.25) is 0 Å². The van der Waals surface area contributed by atoms with Gasteiger partial charge in [0.1, 0.15) is 5.75 Å². The maximum Gasteiger partial charge on any atom is 0.118 e. The van der Waals surface area contributed by atoms with Gasteiger partial charge in [-0.15, -0.1) is 0 Å². The molecule has 0 aliphatic heterocycles. The lowest BCUT2D eigenvalue weighted by molar-refractivity contribution is 0.470. The second-order valence-electron chi connectivity index (χ2n) is 2.93. The van der Waals surface area contributed by atoms with Crippen molar-refractivity contribution in [1.29, 1.82) is 0 Å². The molecule has 3 nitrogen and oxygen atoms in total. The summed E-state index contributed by atoms with van der Waals surface area (Å²) in [5, 5.41) is 9.25. The first-order valence-electron chi connectivity index (χ1n) is 3.91. The zero-order valence-electron chi connectivity index (χ0n) is 7.33. The molecule has 1 rings (SSSR count). The fraction of sp³-hybridized carbons (Fsp3) is 0.333. The van der Waals surface area contributed by atoms with E-state index >= 15 is 0 Å². The highest BCUT2D eigenvalue weighted by molar-refractivity contribution is 5.35. The van der Waals surface area contributed by atoms with E-state index in [1.165, 1.54) is 0 Å². The molecule has 66 valence electrons. The van der Waals surface area contributed by atoms with E-state index in [-0.39, 0.29) is 6.04 Å². The lowest BCUT2D eigenvalue weighted by Crippen LogP contribution is -2.25. The number of phenolic OH excluding ortho intramolecular Hbond substituents is 1. The summed E-state index contributed by atoms with van der Waals surface area (Å²) in [6.45, 7) is 3.83. The Morgan fingerprint density at radius 1 is 1.50 bits per heavy atom. The van der Waals surface area contributed by atoms with Gasteiger partial charge in [0.15, 0.2) is 0 Å². The summed E-state index contributed by atoms with van der Waals surface area (Å²) in [7, 11) is 0. The molecule has 0 saturated heterocycles. The molecule has 0 heterocycles. The minimum Gasteiger partial charge on any atom is -0.508 e. The van der Waals surface area contributed by atoms with E-state index in [0.29, 0.717) is 5.75 Å². The minimum absolute atomic E-state index is 0.115. The molecule has 1 aromatic carbocycles. The molecule has 1 aromatic rings. The van der Waals surface area contributed by atoms with Gasteiger partial charge in [-0.1, -0.05) is 12.1 Å². The Morgan fingerprint density at radius 3 is 2.67 bits per heavy atom. The van der Waals surface area contributed by atoms with Crippen molar-refractivity contribution in [3.8, 4) is 5.75 Å². The molecule has 0 unspecified atom stereocenters. The molecule has 12 heavy (non-hydrogen) atoms. The van der Waals surface area contributed by atoms with E-state index in [9.17, 15) is 5.11 Å². The van der Waals surface area contributed by atoms with Crippen LogP contribution in [0, 0.1) is 6.92 Å². The molecule has 3 heteroatoms. The van der Waals surface area contributed by atoms with Gasteiger partial charge < -0.3 is 5.11 Å². The molecule has 0 bridgehead atoms. The molecule has 1 atom stereocenters. The van der Waals surface area contributed by atoms with Crippen LogP contribution in [0.5, 0.6) is 5.75 Å². The summed E-state index contributed by atoms with van der Waals surface area (Å²) >= 11 is 0. The van der Waals surface area contributed by atoms with Crippen LogP contribution in [-0.4, -0.2) is 5.11 Å². The van der Waals surface area contributed by atoms with Crippen molar-refractivity contribution in [2.75, 3.05) is 0 Å². The fourth-order valence-corrected chi connectivity index (χ4v) is 1.04. The molecule has 0 aliphatic carbocycles. The van der Waals surface area contributed by atoms with E-state index < -0.39 is 0 Å². The average molecular weight is 166 g/mol. The van der Waals surface area contributed by atoms with Gasteiger partial charge >= 0.3 is 0 Å². The van der Waals surface area contributed by atoms with Gasteiger partial charge in [0.2, 0.25) is 0 Å². The summed E-state index contributed by atoms with van der Waals surface area (Å²) in [4.78, 5) is 0. The average Bonchev–Trinajstić information content (AvgIpc) is 2.08. The molecule has 4 N–H and O–H groups in total. The number of aryl methyl sites for hydroxylation is 1. The molecule has 0 spiro atoms. The van der Waals surface area contributed by atoms with Crippen LogP contribution in [-0.2, 0) is 0 Å². The standard InChI is InChI=1S/C9H14N2O/c1-6-5-8(7(2)11-10)3-4-9(6)12/h3-5,7,11-12H,10H2,1-2H3/t7-/m0/s1. The Balaban J connectivity index is 2.96. The number of hydrogen-bond donors (Lipinski definition) is 3. The molecule has 0 radical (unpaired) electrons. The van der Waals surface area contributed by atoms with E-state index in [1.54, 1.807) is 6.07 Å². The van der Waals surface area contributed by atoms with Gasteiger partial charge in [-0.2, -0.15) is 0 Å². The number of phenols is 1. The molecular weight excluding hydrogens is 152 g/mol. The molecular formula is C9H14N2O. The van der Waals surface area contributed by atoms with E-state index in [4.69, 9.17) is 5.84 Å². The number of nitrogens with two attached hydrogens (primary N) is 1. The smallest absolute Gasteiger partial charge is 0.118 e. The highest BCUT2D eigenvalue weighted by Crippen LogP contribution is 2.20. The third kappa shape index (κ3) is 1.75. The van der Waals surface area contributed by atoms with Gasteiger partial charge in [0, 0.05) is 6.04 Å². The number of aromatic hydroxyl groups is 1. The second-order valence-corrected chi connectivity index (χ2v) is 2.93. The predicted octanol–water partition coefficient (Wildman–Crippen LogP) is 1.22. The SMILES string of the molecule is Cc1cc([C@H](C)NN)ccc1O. The number of hydrazine groups is 1. The van der Waals surface area contributed by atoms with E-state index in [2.05, 4.69) is 5.43 Å². The third-order valence-corrected chi connectivity index (χ3v) is 1.97. The highest BCUT2D eigenvalue weighted by Gasteiger charge is 2.03. The maximum atomic E-state index is 9.25. The van der Waals surface area contributed by atoms with Crippen molar-refractivity contribution in [2.24, 2.45) is 5.84 Å². The van der Waals surface area contributed by atoms with Gasteiger partial charge in [-0.25, -0.2) is 0 Å². The van der Waals surface area contributed by atoms with Crippen LogP contribution < -0.4 is 11.3 Å². The Bertz CT molecular complexity index is 273. The predicted molar refractivity (Wildman–Crippen MR) is 48.6 cm³/mol. The van der Waals surface area contributed by atoms with Crippen molar-refractivity contribution in [3.63, 3.8) is 0 Å². The first kappa shape index (κ1) is 9.03. The van der Waals surface area contributed by atoms with Gasteiger partial charge in [0.05, 0.1) is 0 Å². The number of nitrogens with one attached hydrogen (secondary N) is 1. The quantitative estimate of drug-likeness (QED) is 0.457. The molecule has 0 aliphatic rings. The highest BCUT2D eigenvalue weighted by atomic mass is 16.3. The van der Waals surface area contributed by atoms with Gasteiger partial charge in [-0.05, 0) is 31.0 Å².